The highest BCUT2D eigenvalue weighted by atomic mass is 35.5. The number of ether oxygens (including phenoxy) is 1. The first-order chi connectivity index (χ1) is 14.8. The van der Waals surface area contributed by atoms with Crippen LogP contribution in [0.25, 0.3) is 0 Å². The number of unbranched alkanes of at least 4 members (excludes halogenated alkanes) is 1. The van der Waals surface area contributed by atoms with E-state index in [1.54, 1.807) is 18.2 Å². The quantitative estimate of drug-likeness (QED) is 0.459. The van der Waals surface area contributed by atoms with Crippen molar-refractivity contribution in [1.82, 2.24) is 10.2 Å². The van der Waals surface area contributed by atoms with Gasteiger partial charge in [-0.05, 0) is 54.8 Å². The van der Waals surface area contributed by atoms with Gasteiger partial charge in [-0.2, -0.15) is 0 Å². The average Bonchev–Trinajstić information content (AvgIpc) is 2.74. The van der Waals surface area contributed by atoms with Crippen LogP contribution < -0.4 is 10.1 Å². The van der Waals surface area contributed by atoms with Gasteiger partial charge in [-0.15, -0.1) is 0 Å². The van der Waals surface area contributed by atoms with Gasteiger partial charge in [-0.25, -0.2) is 4.39 Å². The van der Waals surface area contributed by atoms with E-state index in [9.17, 15) is 14.0 Å². The van der Waals surface area contributed by atoms with Gasteiger partial charge in [0.1, 0.15) is 17.6 Å². The summed E-state index contributed by atoms with van der Waals surface area (Å²) in [6.45, 7) is 4.25. The average molecular weight is 469 g/mol. The topological polar surface area (TPSA) is 58.6 Å². The van der Waals surface area contributed by atoms with Crippen LogP contribution in [0.2, 0.25) is 10.0 Å². The Balaban J connectivity index is 2.20. The molecule has 0 saturated heterocycles. The molecule has 0 aromatic heterocycles. The number of benzene rings is 2. The summed E-state index contributed by atoms with van der Waals surface area (Å²) in [6.07, 6.45) is 2.23. The summed E-state index contributed by atoms with van der Waals surface area (Å²) < 4.78 is 18.6. The van der Waals surface area contributed by atoms with Gasteiger partial charge in [0.2, 0.25) is 5.91 Å². The molecule has 1 unspecified atom stereocenters. The third-order valence-corrected chi connectivity index (χ3v) is 5.33. The second kappa shape index (κ2) is 12.5. The van der Waals surface area contributed by atoms with Crippen LogP contribution in [0, 0.1) is 5.82 Å². The van der Waals surface area contributed by atoms with Crippen molar-refractivity contribution in [2.24, 2.45) is 0 Å². The summed E-state index contributed by atoms with van der Waals surface area (Å²) in [6, 6.07) is 9.71. The maximum Gasteiger partial charge on any atom is 0.261 e. The Morgan fingerprint density at radius 3 is 2.45 bits per heavy atom. The van der Waals surface area contributed by atoms with E-state index in [0.717, 1.165) is 12.8 Å². The summed E-state index contributed by atoms with van der Waals surface area (Å²) in [7, 11) is 0. The number of halogens is 3. The van der Waals surface area contributed by atoms with Crippen LogP contribution in [0.4, 0.5) is 4.39 Å². The largest absolute Gasteiger partial charge is 0.484 e. The minimum absolute atomic E-state index is 0.126. The maximum atomic E-state index is 13.1. The number of hydrogen-bond donors (Lipinski definition) is 1. The zero-order chi connectivity index (χ0) is 22.8. The highest BCUT2D eigenvalue weighted by molar-refractivity contribution is 6.35. The number of rotatable bonds is 11. The van der Waals surface area contributed by atoms with Crippen LogP contribution in [-0.4, -0.2) is 35.9 Å². The molecule has 0 radical (unpaired) electrons. The van der Waals surface area contributed by atoms with E-state index >= 15 is 0 Å². The lowest BCUT2D eigenvalue weighted by atomic mass is 10.1. The summed E-state index contributed by atoms with van der Waals surface area (Å²) in [5, 5.41) is 3.78. The molecule has 0 aliphatic heterocycles. The Labute approximate surface area is 192 Å². The van der Waals surface area contributed by atoms with Gasteiger partial charge in [0, 0.05) is 23.1 Å². The molecule has 5 nitrogen and oxygen atoms in total. The Kier molecular flexibility index (Phi) is 10.1. The first-order valence-electron chi connectivity index (χ1n) is 10.2. The number of amides is 2. The first-order valence-corrected chi connectivity index (χ1v) is 11.0. The Morgan fingerprint density at radius 2 is 1.84 bits per heavy atom. The van der Waals surface area contributed by atoms with Crippen LogP contribution in [0.3, 0.4) is 0 Å². The van der Waals surface area contributed by atoms with Crippen LogP contribution in [0.5, 0.6) is 5.75 Å². The van der Waals surface area contributed by atoms with Crippen molar-refractivity contribution in [2.45, 2.75) is 45.7 Å². The van der Waals surface area contributed by atoms with Gasteiger partial charge in [0.15, 0.2) is 6.61 Å². The number of nitrogens with one attached hydrogen (secondary N) is 1. The minimum Gasteiger partial charge on any atom is -0.484 e. The van der Waals surface area contributed by atoms with E-state index in [0.29, 0.717) is 34.3 Å². The van der Waals surface area contributed by atoms with Crippen molar-refractivity contribution in [3.05, 3.63) is 63.9 Å². The normalized spacial score (nSPS) is 11.6. The molecule has 2 amide bonds. The van der Waals surface area contributed by atoms with Crippen LogP contribution >= 0.6 is 23.2 Å². The van der Waals surface area contributed by atoms with Crippen LogP contribution in [0.15, 0.2) is 42.5 Å². The molecule has 0 aliphatic rings. The standard InChI is InChI=1S/C23H27Cl2FN2O3/c1-3-5-12-27-23(30)21(4-2)28(14-16-6-7-17(24)13-20(16)25)22(29)15-31-19-10-8-18(26)9-11-19/h6-11,13,21H,3-5,12,14-15H2,1-2H3,(H,27,30). The molecule has 0 heterocycles. The summed E-state index contributed by atoms with van der Waals surface area (Å²) in [5.41, 5.74) is 0.668. The molecule has 1 N–H and O–H groups in total. The Bertz CT molecular complexity index is 878. The van der Waals surface area contributed by atoms with Crippen LogP contribution in [-0.2, 0) is 16.1 Å². The smallest absolute Gasteiger partial charge is 0.261 e. The second-order valence-corrected chi connectivity index (χ2v) is 7.91. The molecule has 2 rings (SSSR count). The van der Waals surface area contributed by atoms with Crippen molar-refractivity contribution in [3.63, 3.8) is 0 Å². The van der Waals surface area contributed by atoms with E-state index in [2.05, 4.69) is 5.32 Å². The molecule has 8 heteroatoms. The molecule has 0 fully saturated rings. The second-order valence-electron chi connectivity index (χ2n) is 7.07. The number of carbonyl (C=O) groups is 2. The van der Waals surface area contributed by atoms with Gasteiger partial charge in [-0.1, -0.05) is 49.5 Å². The van der Waals surface area contributed by atoms with Gasteiger partial charge in [-0.3, -0.25) is 9.59 Å². The van der Waals surface area contributed by atoms with E-state index < -0.39 is 11.9 Å². The first kappa shape index (κ1) is 25.0. The Hall–Kier alpha value is -2.31. The number of nitrogens with zero attached hydrogens (tertiary/aromatic N) is 1. The molecular weight excluding hydrogens is 442 g/mol. The highest BCUT2D eigenvalue weighted by Gasteiger charge is 2.29. The van der Waals surface area contributed by atoms with E-state index in [1.165, 1.54) is 29.2 Å². The molecule has 2 aromatic carbocycles. The SMILES string of the molecule is CCCCNC(=O)C(CC)N(Cc1ccc(Cl)cc1Cl)C(=O)COc1ccc(F)cc1. The molecule has 0 bridgehead atoms. The van der Waals surface area contributed by atoms with Crippen molar-refractivity contribution in [3.8, 4) is 5.75 Å². The molecule has 31 heavy (non-hydrogen) atoms. The highest BCUT2D eigenvalue weighted by Crippen LogP contribution is 2.24. The van der Waals surface area contributed by atoms with Crippen molar-refractivity contribution < 1.29 is 18.7 Å². The third-order valence-electron chi connectivity index (χ3n) is 4.75. The van der Waals surface area contributed by atoms with Crippen molar-refractivity contribution >= 4 is 35.0 Å². The molecule has 1 atom stereocenters. The number of carbonyl (C=O) groups excluding carboxylic acids is 2. The van der Waals surface area contributed by atoms with Gasteiger partial charge < -0.3 is 15.0 Å². The fourth-order valence-electron chi connectivity index (χ4n) is 3.02. The predicted molar refractivity (Wildman–Crippen MR) is 121 cm³/mol. The monoisotopic (exact) mass is 468 g/mol. The van der Waals surface area contributed by atoms with Crippen LogP contribution in [0.1, 0.15) is 38.7 Å². The summed E-state index contributed by atoms with van der Waals surface area (Å²) >= 11 is 12.3. The van der Waals surface area contributed by atoms with E-state index in [4.69, 9.17) is 27.9 Å². The van der Waals surface area contributed by atoms with E-state index in [1.807, 2.05) is 13.8 Å². The zero-order valence-corrected chi connectivity index (χ0v) is 19.2. The van der Waals surface area contributed by atoms with Crippen molar-refractivity contribution in [2.75, 3.05) is 13.2 Å². The molecule has 168 valence electrons. The number of hydrogen-bond acceptors (Lipinski definition) is 3. The molecular formula is C23H27Cl2FN2O3. The summed E-state index contributed by atoms with van der Waals surface area (Å²) in [4.78, 5) is 27.3. The zero-order valence-electron chi connectivity index (χ0n) is 17.7. The Morgan fingerprint density at radius 1 is 1.13 bits per heavy atom. The lowest BCUT2D eigenvalue weighted by Gasteiger charge is -2.31. The van der Waals surface area contributed by atoms with Gasteiger partial charge in [0.05, 0.1) is 0 Å². The lowest BCUT2D eigenvalue weighted by molar-refractivity contribution is -0.143. The molecule has 2 aromatic rings. The fraction of sp³-hybridized carbons (Fsp3) is 0.391. The van der Waals surface area contributed by atoms with E-state index in [-0.39, 0.29) is 25.0 Å². The minimum atomic E-state index is -0.687. The van der Waals surface area contributed by atoms with Gasteiger partial charge >= 0.3 is 0 Å². The third kappa shape index (κ3) is 7.71. The lowest BCUT2D eigenvalue weighted by Crippen LogP contribution is -2.50. The predicted octanol–water partition coefficient (Wildman–Crippen LogP) is 5.24. The fourth-order valence-corrected chi connectivity index (χ4v) is 3.49. The molecule has 0 saturated carbocycles. The molecule has 0 aliphatic carbocycles. The van der Waals surface area contributed by atoms with Crippen molar-refractivity contribution in [1.29, 1.82) is 0 Å². The molecule has 0 spiro atoms. The summed E-state index contributed by atoms with van der Waals surface area (Å²) in [5.74, 6) is -0.642. The maximum absolute atomic E-state index is 13.1. The van der Waals surface area contributed by atoms with Gasteiger partial charge in [0.25, 0.3) is 5.91 Å².